The minimum absolute atomic E-state index is 0.0595. The molecule has 1 nitrogen and oxygen atoms in total. The molecule has 0 saturated carbocycles. The highest BCUT2D eigenvalue weighted by atomic mass is 35.5. The lowest BCUT2D eigenvalue weighted by Gasteiger charge is -2.17. The highest BCUT2D eigenvalue weighted by Gasteiger charge is 2.21. The van der Waals surface area contributed by atoms with Crippen molar-refractivity contribution >= 4 is 11.6 Å². The van der Waals surface area contributed by atoms with E-state index in [1.54, 1.807) is 6.92 Å². The van der Waals surface area contributed by atoms with Gasteiger partial charge < -0.3 is 5.73 Å². The summed E-state index contributed by atoms with van der Waals surface area (Å²) in [6.07, 6.45) is 4.02. The highest BCUT2D eigenvalue weighted by molar-refractivity contribution is 6.31. The molecule has 0 aromatic heterocycles. The van der Waals surface area contributed by atoms with Crippen molar-refractivity contribution in [2.24, 2.45) is 5.73 Å². The summed E-state index contributed by atoms with van der Waals surface area (Å²) < 4.78 is 13.5. The Balaban J connectivity index is 2.63. The number of benzene rings is 1. The predicted molar refractivity (Wildman–Crippen MR) is 60.6 cm³/mol. The third-order valence-corrected chi connectivity index (χ3v) is 3.53. The first-order valence-electron chi connectivity index (χ1n) is 5.34. The lowest BCUT2D eigenvalue weighted by molar-refractivity contribution is 0.591. The number of fused-ring (bicyclic) bond motifs is 1. The second-order valence-corrected chi connectivity index (χ2v) is 4.62. The van der Waals surface area contributed by atoms with Crippen LogP contribution < -0.4 is 5.73 Å². The van der Waals surface area contributed by atoms with Crippen LogP contribution in [0.1, 0.15) is 42.0 Å². The molecule has 0 radical (unpaired) electrons. The van der Waals surface area contributed by atoms with E-state index in [0.29, 0.717) is 10.6 Å². The lowest BCUT2D eigenvalue weighted by Crippen LogP contribution is -2.13. The van der Waals surface area contributed by atoms with Crippen molar-refractivity contribution in [3.63, 3.8) is 0 Å². The molecule has 1 unspecified atom stereocenters. The Kier molecular flexibility index (Phi) is 2.98. The quantitative estimate of drug-likeness (QED) is 0.675. The molecule has 1 atom stereocenters. The molecule has 0 spiro atoms. The fourth-order valence-corrected chi connectivity index (χ4v) is 2.65. The molecular weight excluding hydrogens is 213 g/mol. The van der Waals surface area contributed by atoms with Crippen molar-refractivity contribution in [2.75, 3.05) is 0 Å². The number of nitrogens with two attached hydrogens (primary N) is 1. The van der Waals surface area contributed by atoms with Gasteiger partial charge in [0.25, 0.3) is 0 Å². The third-order valence-electron chi connectivity index (χ3n) is 3.19. The van der Waals surface area contributed by atoms with Crippen molar-refractivity contribution in [3.8, 4) is 0 Å². The SMILES string of the molecule is Cc1c(F)cc(Cl)c2c1C(N)CCCC2. The Labute approximate surface area is 94.4 Å². The smallest absolute Gasteiger partial charge is 0.127 e. The monoisotopic (exact) mass is 227 g/mol. The Morgan fingerprint density at radius 1 is 1.47 bits per heavy atom. The molecule has 3 heteroatoms. The highest BCUT2D eigenvalue weighted by Crippen LogP contribution is 2.35. The van der Waals surface area contributed by atoms with Crippen LogP contribution in [0.4, 0.5) is 4.39 Å². The summed E-state index contributed by atoms with van der Waals surface area (Å²) in [4.78, 5) is 0. The summed E-state index contributed by atoms with van der Waals surface area (Å²) in [5, 5.41) is 0.533. The van der Waals surface area contributed by atoms with Crippen molar-refractivity contribution in [1.82, 2.24) is 0 Å². The van der Waals surface area contributed by atoms with Crippen molar-refractivity contribution in [2.45, 2.75) is 38.6 Å². The molecule has 0 bridgehead atoms. The molecule has 1 aromatic carbocycles. The van der Waals surface area contributed by atoms with Crippen LogP contribution in [-0.2, 0) is 6.42 Å². The Hall–Kier alpha value is -0.600. The van der Waals surface area contributed by atoms with Gasteiger partial charge in [-0.1, -0.05) is 18.0 Å². The maximum atomic E-state index is 13.5. The molecule has 0 fully saturated rings. The van der Waals surface area contributed by atoms with Gasteiger partial charge in [0.1, 0.15) is 5.82 Å². The Morgan fingerprint density at radius 2 is 2.20 bits per heavy atom. The average Bonchev–Trinajstić information content (AvgIpc) is 2.37. The van der Waals surface area contributed by atoms with E-state index in [9.17, 15) is 4.39 Å². The van der Waals surface area contributed by atoms with E-state index in [1.165, 1.54) is 6.07 Å². The van der Waals surface area contributed by atoms with Crippen LogP contribution in [0.15, 0.2) is 6.07 Å². The normalized spacial score (nSPS) is 20.9. The Morgan fingerprint density at radius 3 is 2.93 bits per heavy atom. The van der Waals surface area contributed by atoms with Crippen LogP contribution in [0.2, 0.25) is 5.02 Å². The van der Waals surface area contributed by atoms with Gasteiger partial charge in [0, 0.05) is 11.1 Å². The number of hydrogen-bond donors (Lipinski definition) is 1. The zero-order valence-electron chi connectivity index (χ0n) is 8.82. The van der Waals surface area contributed by atoms with Gasteiger partial charge >= 0.3 is 0 Å². The van der Waals surface area contributed by atoms with Gasteiger partial charge in [0.05, 0.1) is 0 Å². The number of halogens is 2. The first-order chi connectivity index (χ1) is 7.11. The minimum atomic E-state index is -0.240. The van der Waals surface area contributed by atoms with Crippen molar-refractivity contribution < 1.29 is 4.39 Å². The zero-order valence-corrected chi connectivity index (χ0v) is 9.57. The summed E-state index contributed by atoms with van der Waals surface area (Å²) in [6.45, 7) is 1.79. The fourth-order valence-electron chi connectivity index (χ4n) is 2.36. The summed E-state index contributed by atoms with van der Waals surface area (Å²) in [6, 6.07) is 1.35. The molecule has 0 amide bonds. The van der Waals surface area contributed by atoms with E-state index >= 15 is 0 Å². The van der Waals surface area contributed by atoms with Gasteiger partial charge in [-0.15, -0.1) is 0 Å². The first-order valence-corrected chi connectivity index (χ1v) is 5.72. The van der Waals surface area contributed by atoms with E-state index in [4.69, 9.17) is 17.3 Å². The van der Waals surface area contributed by atoms with Crippen LogP contribution in [0.3, 0.4) is 0 Å². The first kappa shape index (κ1) is 10.9. The molecule has 1 aliphatic rings. The zero-order chi connectivity index (χ0) is 11.0. The molecule has 82 valence electrons. The van der Waals surface area contributed by atoms with Gasteiger partial charge in [-0.3, -0.25) is 0 Å². The standard InChI is InChI=1S/C12H15ClFN/c1-7-10(14)6-9(13)8-4-2-3-5-11(15)12(7)8/h6,11H,2-5,15H2,1H3. The fraction of sp³-hybridized carbons (Fsp3) is 0.500. The summed E-state index contributed by atoms with van der Waals surface area (Å²) >= 11 is 6.06. The van der Waals surface area contributed by atoms with E-state index in [0.717, 1.165) is 36.8 Å². The van der Waals surface area contributed by atoms with Crippen molar-refractivity contribution in [1.29, 1.82) is 0 Å². The van der Waals surface area contributed by atoms with Crippen LogP contribution >= 0.6 is 11.6 Å². The van der Waals surface area contributed by atoms with E-state index in [-0.39, 0.29) is 11.9 Å². The summed E-state index contributed by atoms with van der Waals surface area (Å²) in [5.41, 5.74) is 8.73. The summed E-state index contributed by atoms with van der Waals surface area (Å²) in [7, 11) is 0. The van der Waals surface area contributed by atoms with Gasteiger partial charge in [0.2, 0.25) is 0 Å². The van der Waals surface area contributed by atoms with Crippen molar-refractivity contribution in [3.05, 3.63) is 33.6 Å². The third kappa shape index (κ3) is 1.88. The number of hydrogen-bond acceptors (Lipinski definition) is 1. The van der Waals surface area contributed by atoms with Gasteiger partial charge in [0.15, 0.2) is 0 Å². The molecule has 0 aliphatic heterocycles. The van der Waals surface area contributed by atoms with E-state index in [2.05, 4.69) is 0 Å². The van der Waals surface area contributed by atoms with Crippen LogP contribution in [-0.4, -0.2) is 0 Å². The molecule has 2 N–H and O–H groups in total. The van der Waals surface area contributed by atoms with Crippen LogP contribution in [0.5, 0.6) is 0 Å². The molecule has 1 aliphatic carbocycles. The van der Waals surface area contributed by atoms with Crippen LogP contribution in [0.25, 0.3) is 0 Å². The Bertz CT molecular complexity index is 390. The predicted octanol–water partition coefficient (Wildman–Crippen LogP) is 3.51. The van der Waals surface area contributed by atoms with Gasteiger partial charge in [-0.05, 0) is 48.9 Å². The summed E-state index contributed by atoms with van der Waals surface area (Å²) in [5.74, 6) is -0.240. The largest absolute Gasteiger partial charge is 0.324 e. The van der Waals surface area contributed by atoms with Crippen LogP contribution in [0, 0.1) is 12.7 Å². The average molecular weight is 228 g/mol. The van der Waals surface area contributed by atoms with Gasteiger partial charge in [-0.2, -0.15) is 0 Å². The lowest BCUT2D eigenvalue weighted by atomic mass is 9.94. The van der Waals surface area contributed by atoms with E-state index < -0.39 is 0 Å². The topological polar surface area (TPSA) is 26.0 Å². The minimum Gasteiger partial charge on any atom is -0.324 e. The van der Waals surface area contributed by atoms with E-state index in [1.807, 2.05) is 0 Å². The second kappa shape index (κ2) is 4.11. The molecular formula is C12H15ClFN. The molecule has 1 aromatic rings. The second-order valence-electron chi connectivity index (χ2n) is 4.21. The maximum absolute atomic E-state index is 13.5. The molecule has 0 heterocycles. The number of rotatable bonds is 0. The maximum Gasteiger partial charge on any atom is 0.127 e. The molecule has 2 rings (SSSR count). The molecule has 0 saturated heterocycles. The van der Waals surface area contributed by atoms with Gasteiger partial charge in [-0.25, -0.2) is 4.39 Å². The molecule has 15 heavy (non-hydrogen) atoms.